The number of pyridine rings is 1. The van der Waals surface area contributed by atoms with Gasteiger partial charge in [0.25, 0.3) is 0 Å². The number of hydrogen-bond donors (Lipinski definition) is 1. The Balaban J connectivity index is 2.31. The third-order valence-electron chi connectivity index (χ3n) is 2.57. The summed E-state index contributed by atoms with van der Waals surface area (Å²) in [6.07, 6.45) is 1.69. The van der Waals surface area contributed by atoms with Crippen molar-refractivity contribution in [2.75, 3.05) is 5.73 Å². The molecule has 2 rings (SSSR count). The van der Waals surface area contributed by atoms with Crippen LogP contribution in [0.2, 0.25) is 0 Å². The second-order valence-corrected chi connectivity index (χ2v) is 4.86. The van der Waals surface area contributed by atoms with Crippen molar-refractivity contribution in [2.45, 2.75) is 30.8 Å². The molecule has 0 aliphatic heterocycles. The van der Waals surface area contributed by atoms with Crippen LogP contribution in [-0.2, 0) is 0 Å². The summed E-state index contributed by atoms with van der Waals surface area (Å²) in [5.41, 5.74) is 8.80. The molecule has 0 atom stereocenters. The highest BCUT2D eigenvalue weighted by Gasteiger charge is 2.06. The van der Waals surface area contributed by atoms with Crippen molar-refractivity contribution >= 4 is 17.6 Å². The van der Waals surface area contributed by atoms with Gasteiger partial charge in [0.1, 0.15) is 5.82 Å². The third kappa shape index (κ3) is 2.74. The van der Waals surface area contributed by atoms with Crippen LogP contribution in [0.5, 0.6) is 0 Å². The SMILES string of the molecule is Cc1nc(Sc2ccnc(N)c2)nc(C)c1C. The van der Waals surface area contributed by atoms with Crippen molar-refractivity contribution in [3.63, 3.8) is 0 Å². The molecule has 0 amide bonds. The number of nitrogens with zero attached hydrogens (tertiary/aromatic N) is 3. The maximum Gasteiger partial charge on any atom is 0.192 e. The van der Waals surface area contributed by atoms with E-state index in [1.54, 1.807) is 6.20 Å². The zero-order valence-electron chi connectivity index (χ0n) is 10.1. The zero-order valence-corrected chi connectivity index (χ0v) is 10.9. The van der Waals surface area contributed by atoms with Crippen LogP contribution in [-0.4, -0.2) is 15.0 Å². The van der Waals surface area contributed by atoms with Crippen molar-refractivity contribution in [1.29, 1.82) is 0 Å². The molecule has 0 aliphatic rings. The van der Waals surface area contributed by atoms with Gasteiger partial charge < -0.3 is 5.73 Å². The zero-order chi connectivity index (χ0) is 12.4. The molecule has 0 spiro atoms. The molecule has 0 unspecified atom stereocenters. The van der Waals surface area contributed by atoms with Crippen molar-refractivity contribution in [1.82, 2.24) is 15.0 Å². The summed E-state index contributed by atoms with van der Waals surface area (Å²) in [7, 11) is 0. The van der Waals surface area contributed by atoms with Gasteiger partial charge in [-0.2, -0.15) is 0 Å². The summed E-state index contributed by atoms with van der Waals surface area (Å²) in [4.78, 5) is 13.9. The van der Waals surface area contributed by atoms with Gasteiger partial charge in [0.05, 0.1) is 0 Å². The number of nitrogen functional groups attached to an aromatic ring is 1. The van der Waals surface area contributed by atoms with E-state index < -0.39 is 0 Å². The topological polar surface area (TPSA) is 64.7 Å². The fourth-order valence-corrected chi connectivity index (χ4v) is 2.27. The molecule has 0 saturated heterocycles. The average molecular weight is 246 g/mol. The van der Waals surface area contributed by atoms with Crippen LogP contribution in [0, 0.1) is 20.8 Å². The van der Waals surface area contributed by atoms with Crippen molar-refractivity contribution in [2.24, 2.45) is 0 Å². The van der Waals surface area contributed by atoms with Crippen molar-refractivity contribution < 1.29 is 0 Å². The second-order valence-electron chi connectivity index (χ2n) is 3.82. The van der Waals surface area contributed by atoms with Gasteiger partial charge in [0, 0.05) is 22.5 Å². The van der Waals surface area contributed by atoms with Gasteiger partial charge in [-0.25, -0.2) is 15.0 Å². The van der Waals surface area contributed by atoms with Crippen molar-refractivity contribution in [3.05, 3.63) is 35.3 Å². The van der Waals surface area contributed by atoms with Crippen molar-refractivity contribution in [3.8, 4) is 0 Å². The Bertz CT molecular complexity index is 531. The Morgan fingerprint density at radius 1 is 1.12 bits per heavy atom. The van der Waals surface area contributed by atoms with Gasteiger partial charge in [-0.1, -0.05) is 0 Å². The summed E-state index contributed by atoms with van der Waals surface area (Å²) < 4.78 is 0. The van der Waals surface area contributed by atoms with Gasteiger partial charge in [0.2, 0.25) is 0 Å². The normalized spacial score (nSPS) is 10.5. The maximum absolute atomic E-state index is 5.63. The van der Waals surface area contributed by atoms with Gasteiger partial charge in [-0.05, 0) is 50.2 Å². The number of anilines is 1. The minimum atomic E-state index is 0.510. The molecule has 0 radical (unpaired) electrons. The molecule has 2 aromatic heterocycles. The smallest absolute Gasteiger partial charge is 0.192 e. The number of aromatic nitrogens is 3. The molecule has 0 saturated carbocycles. The Labute approximate surface area is 105 Å². The van der Waals surface area contributed by atoms with Crippen LogP contribution >= 0.6 is 11.8 Å². The van der Waals surface area contributed by atoms with Crippen LogP contribution in [0.3, 0.4) is 0 Å². The summed E-state index contributed by atoms with van der Waals surface area (Å²) in [5.74, 6) is 0.510. The first-order valence-corrected chi connectivity index (χ1v) is 6.09. The second kappa shape index (κ2) is 4.71. The van der Waals surface area contributed by atoms with E-state index in [1.165, 1.54) is 11.8 Å². The molecular weight excluding hydrogens is 232 g/mol. The van der Waals surface area contributed by atoms with Gasteiger partial charge in [-0.3, -0.25) is 0 Å². The van der Waals surface area contributed by atoms with E-state index in [-0.39, 0.29) is 0 Å². The van der Waals surface area contributed by atoms with Crippen LogP contribution in [0.1, 0.15) is 17.0 Å². The van der Waals surface area contributed by atoms with Crippen LogP contribution in [0.15, 0.2) is 28.4 Å². The lowest BCUT2D eigenvalue weighted by atomic mass is 10.2. The quantitative estimate of drug-likeness (QED) is 0.825. The fourth-order valence-electron chi connectivity index (χ4n) is 1.38. The fraction of sp³-hybridized carbons (Fsp3) is 0.250. The highest BCUT2D eigenvalue weighted by molar-refractivity contribution is 7.99. The van der Waals surface area contributed by atoms with E-state index in [9.17, 15) is 0 Å². The highest BCUT2D eigenvalue weighted by atomic mass is 32.2. The van der Waals surface area contributed by atoms with E-state index in [1.807, 2.05) is 32.9 Å². The summed E-state index contributed by atoms with van der Waals surface area (Å²) >= 11 is 1.50. The van der Waals surface area contributed by atoms with Gasteiger partial charge in [-0.15, -0.1) is 0 Å². The van der Waals surface area contributed by atoms with E-state index >= 15 is 0 Å². The summed E-state index contributed by atoms with van der Waals surface area (Å²) in [6, 6.07) is 3.72. The minimum Gasteiger partial charge on any atom is -0.384 e. The monoisotopic (exact) mass is 246 g/mol. The van der Waals surface area contributed by atoms with Crippen LogP contribution in [0.4, 0.5) is 5.82 Å². The first-order chi connectivity index (χ1) is 8.06. The molecule has 2 heterocycles. The van der Waals surface area contributed by atoms with E-state index in [0.717, 1.165) is 27.0 Å². The van der Waals surface area contributed by atoms with E-state index in [4.69, 9.17) is 5.73 Å². The average Bonchev–Trinajstić information content (AvgIpc) is 2.26. The predicted octanol–water partition coefficient (Wildman–Crippen LogP) is 2.53. The first kappa shape index (κ1) is 11.9. The van der Waals surface area contributed by atoms with Gasteiger partial charge >= 0.3 is 0 Å². The lowest BCUT2D eigenvalue weighted by Crippen LogP contribution is -1.98. The maximum atomic E-state index is 5.63. The largest absolute Gasteiger partial charge is 0.384 e. The minimum absolute atomic E-state index is 0.510. The first-order valence-electron chi connectivity index (χ1n) is 5.27. The lowest BCUT2D eigenvalue weighted by molar-refractivity contribution is 0.881. The Hall–Kier alpha value is -1.62. The van der Waals surface area contributed by atoms with Crippen LogP contribution < -0.4 is 5.73 Å². The number of aryl methyl sites for hydroxylation is 2. The van der Waals surface area contributed by atoms with Crippen LogP contribution in [0.25, 0.3) is 0 Å². The standard InChI is InChI=1S/C12H14N4S/c1-7-8(2)15-12(16-9(7)3)17-10-4-5-14-11(13)6-10/h4-6H,1-3H3,(H2,13,14). The molecular formula is C12H14N4S. The highest BCUT2D eigenvalue weighted by Crippen LogP contribution is 2.26. The molecule has 2 aromatic rings. The summed E-state index contributed by atoms with van der Waals surface area (Å²) in [5, 5.41) is 0.746. The Morgan fingerprint density at radius 3 is 2.35 bits per heavy atom. The lowest BCUT2D eigenvalue weighted by Gasteiger charge is -2.06. The number of hydrogen-bond acceptors (Lipinski definition) is 5. The number of rotatable bonds is 2. The molecule has 0 aromatic carbocycles. The van der Waals surface area contributed by atoms with E-state index in [0.29, 0.717) is 5.82 Å². The van der Waals surface area contributed by atoms with E-state index in [2.05, 4.69) is 15.0 Å². The predicted molar refractivity (Wildman–Crippen MR) is 69.0 cm³/mol. The Kier molecular flexibility index (Phi) is 3.28. The number of nitrogens with two attached hydrogens (primary N) is 1. The molecule has 17 heavy (non-hydrogen) atoms. The Morgan fingerprint density at radius 2 is 1.76 bits per heavy atom. The molecule has 0 bridgehead atoms. The third-order valence-corrected chi connectivity index (χ3v) is 3.43. The molecule has 0 aliphatic carbocycles. The molecule has 88 valence electrons. The molecule has 0 fully saturated rings. The molecule has 2 N–H and O–H groups in total. The summed E-state index contributed by atoms with van der Waals surface area (Å²) in [6.45, 7) is 6.02. The molecule has 4 nitrogen and oxygen atoms in total. The molecule has 5 heteroatoms. The van der Waals surface area contributed by atoms with Gasteiger partial charge in [0.15, 0.2) is 5.16 Å².